The van der Waals surface area contributed by atoms with Crippen LogP contribution in [0.2, 0.25) is 0 Å². The van der Waals surface area contributed by atoms with E-state index in [4.69, 9.17) is 5.73 Å². The summed E-state index contributed by atoms with van der Waals surface area (Å²) in [7, 11) is 0. The molecule has 0 spiro atoms. The predicted octanol–water partition coefficient (Wildman–Crippen LogP) is 3.81. The number of hydrogen-bond donors (Lipinski definition) is 1. The first kappa shape index (κ1) is 13.1. The van der Waals surface area contributed by atoms with E-state index in [1.165, 1.54) is 10.5 Å². The van der Waals surface area contributed by atoms with Gasteiger partial charge in [-0.2, -0.15) is 0 Å². The molecular formula is C15H18N2S. The SMILES string of the molecule is CC(C)c1ccc(Sc2cnccc2CN)cc1. The molecule has 0 bridgehead atoms. The van der Waals surface area contributed by atoms with Crippen LogP contribution in [0.1, 0.15) is 30.9 Å². The third-order valence-corrected chi connectivity index (χ3v) is 3.96. The average molecular weight is 258 g/mol. The minimum absolute atomic E-state index is 0.551. The van der Waals surface area contributed by atoms with Gasteiger partial charge in [-0.05, 0) is 35.2 Å². The van der Waals surface area contributed by atoms with Gasteiger partial charge in [0.2, 0.25) is 0 Å². The fraction of sp³-hybridized carbons (Fsp3) is 0.267. The summed E-state index contributed by atoms with van der Waals surface area (Å²) in [5, 5.41) is 0. The van der Waals surface area contributed by atoms with Crippen LogP contribution in [0.15, 0.2) is 52.5 Å². The molecule has 1 heterocycles. The number of benzene rings is 1. The van der Waals surface area contributed by atoms with E-state index >= 15 is 0 Å². The summed E-state index contributed by atoms with van der Waals surface area (Å²) in [6, 6.07) is 10.7. The molecule has 2 rings (SSSR count). The molecule has 0 amide bonds. The minimum Gasteiger partial charge on any atom is -0.326 e. The van der Waals surface area contributed by atoms with Gasteiger partial charge in [-0.3, -0.25) is 4.98 Å². The van der Waals surface area contributed by atoms with Crippen LogP contribution >= 0.6 is 11.8 Å². The molecule has 0 radical (unpaired) electrons. The Morgan fingerprint density at radius 1 is 1.17 bits per heavy atom. The Balaban J connectivity index is 2.18. The minimum atomic E-state index is 0.551. The zero-order valence-corrected chi connectivity index (χ0v) is 11.6. The Hall–Kier alpha value is -1.32. The first-order valence-corrected chi connectivity index (χ1v) is 6.93. The molecule has 0 saturated heterocycles. The number of hydrogen-bond acceptors (Lipinski definition) is 3. The van der Waals surface area contributed by atoms with Gasteiger partial charge in [0.1, 0.15) is 0 Å². The Kier molecular flexibility index (Phi) is 4.39. The number of rotatable bonds is 4. The third kappa shape index (κ3) is 3.12. The van der Waals surface area contributed by atoms with E-state index in [2.05, 4.69) is 43.1 Å². The van der Waals surface area contributed by atoms with Crippen molar-refractivity contribution in [3.05, 3.63) is 53.9 Å². The van der Waals surface area contributed by atoms with Crippen molar-refractivity contribution in [1.82, 2.24) is 4.98 Å². The molecule has 0 aliphatic heterocycles. The van der Waals surface area contributed by atoms with Crippen molar-refractivity contribution in [2.45, 2.75) is 36.1 Å². The van der Waals surface area contributed by atoms with Crippen LogP contribution in [0.4, 0.5) is 0 Å². The molecule has 0 atom stereocenters. The van der Waals surface area contributed by atoms with Gasteiger partial charge in [0.05, 0.1) is 0 Å². The Morgan fingerprint density at radius 3 is 2.50 bits per heavy atom. The number of pyridine rings is 1. The topological polar surface area (TPSA) is 38.9 Å². The number of aromatic nitrogens is 1. The van der Waals surface area contributed by atoms with Gasteiger partial charge < -0.3 is 5.73 Å². The van der Waals surface area contributed by atoms with Gasteiger partial charge in [0.15, 0.2) is 0 Å². The zero-order chi connectivity index (χ0) is 13.0. The van der Waals surface area contributed by atoms with Gasteiger partial charge in [-0.15, -0.1) is 0 Å². The second-order valence-electron chi connectivity index (χ2n) is 4.51. The maximum atomic E-state index is 5.73. The fourth-order valence-corrected chi connectivity index (χ4v) is 2.64. The molecule has 1 aromatic heterocycles. The molecule has 0 aliphatic rings. The van der Waals surface area contributed by atoms with Crippen molar-refractivity contribution in [1.29, 1.82) is 0 Å². The Labute approximate surface area is 113 Å². The normalized spacial score (nSPS) is 10.9. The predicted molar refractivity (Wildman–Crippen MR) is 76.8 cm³/mol. The van der Waals surface area contributed by atoms with Crippen molar-refractivity contribution in [3.8, 4) is 0 Å². The maximum Gasteiger partial charge on any atom is 0.0410 e. The largest absolute Gasteiger partial charge is 0.326 e. The molecule has 0 unspecified atom stereocenters. The summed E-state index contributed by atoms with van der Waals surface area (Å²) in [5.41, 5.74) is 8.23. The summed E-state index contributed by atoms with van der Waals surface area (Å²) >= 11 is 1.72. The van der Waals surface area contributed by atoms with Gasteiger partial charge in [-0.25, -0.2) is 0 Å². The summed E-state index contributed by atoms with van der Waals surface area (Å²) in [6.45, 7) is 4.96. The highest BCUT2D eigenvalue weighted by Crippen LogP contribution is 2.30. The van der Waals surface area contributed by atoms with Gasteiger partial charge in [0.25, 0.3) is 0 Å². The molecule has 2 nitrogen and oxygen atoms in total. The van der Waals surface area contributed by atoms with Gasteiger partial charge >= 0.3 is 0 Å². The van der Waals surface area contributed by atoms with Crippen LogP contribution in [0.25, 0.3) is 0 Å². The summed E-state index contributed by atoms with van der Waals surface area (Å²) in [5.74, 6) is 0.571. The zero-order valence-electron chi connectivity index (χ0n) is 10.8. The highest BCUT2D eigenvalue weighted by molar-refractivity contribution is 7.99. The number of nitrogens with zero attached hydrogens (tertiary/aromatic N) is 1. The molecule has 3 heteroatoms. The van der Waals surface area contributed by atoms with E-state index in [-0.39, 0.29) is 0 Å². The second kappa shape index (κ2) is 6.03. The highest BCUT2D eigenvalue weighted by atomic mass is 32.2. The first-order chi connectivity index (χ1) is 8.70. The lowest BCUT2D eigenvalue weighted by Gasteiger charge is -2.08. The van der Waals surface area contributed by atoms with Crippen molar-refractivity contribution < 1.29 is 0 Å². The van der Waals surface area contributed by atoms with Crippen molar-refractivity contribution in [2.24, 2.45) is 5.73 Å². The lowest BCUT2D eigenvalue weighted by Crippen LogP contribution is -1.98. The standard InChI is InChI=1S/C15H18N2S/c1-11(2)12-3-5-14(6-4-12)18-15-10-17-8-7-13(15)9-16/h3-8,10-11H,9,16H2,1-2H3. The van der Waals surface area contributed by atoms with Crippen LogP contribution < -0.4 is 5.73 Å². The molecule has 2 aromatic rings. The summed E-state index contributed by atoms with van der Waals surface area (Å²) in [4.78, 5) is 6.52. The van der Waals surface area contributed by atoms with Crippen molar-refractivity contribution in [3.63, 3.8) is 0 Å². The first-order valence-electron chi connectivity index (χ1n) is 6.11. The van der Waals surface area contributed by atoms with E-state index in [1.54, 1.807) is 18.0 Å². The van der Waals surface area contributed by atoms with Crippen molar-refractivity contribution >= 4 is 11.8 Å². The highest BCUT2D eigenvalue weighted by Gasteiger charge is 2.04. The summed E-state index contributed by atoms with van der Waals surface area (Å²) in [6.07, 6.45) is 3.66. The molecule has 0 fully saturated rings. The maximum absolute atomic E-state index is 5.73. The monoisotopic (exact) mass is 258 g/mol. The number of nitrogens with two attached hydrogens (primary N) is 1. The molecule has 18 heavy (non-hydrogen) atoms. The van der Waals surface area contributed by atoms with E-state index in [9.17, 15) is 0 Å². The third-order valence-electron chi connectivity index (χ3n) is 2.86. The van der Waals surface area contributed by atoms with Crippen LogP contribution in [0, 0.1) is 0 Å². The molecule has 0 aliphatic carbocycles. The quantitative estimate of drug-likeness (QED) is 0.906. The lowest BCUT2D eigenvalue weighted by atomic mass is 10.0. The molecule has 1 aromatic carbocycles. The van der Waals surface area contributed by atoms with E-state index in [0.717, 1.165) is 10.5 Å². The van der Waals surface area contributed by atoms with E-state index < -0.39 is 0 Å². The summed E-state index contributed by atoms with van der Waals surface area (Å²) < 4.78 is 0. The van der Waals surface area contributed by atoms with Crippen LogP contribution in [-0.2, 0) is 6.54 Å². The fourth-order valence-electron chi connectivity index (χ4n) is 1.72. The van der Waals surface area contributed by atoms with E-state index in [0.29, 0.717) is 12.5 Å². The average Bonchev–Trinajstić information content (AvgIpc) is 2.40. The Morgan fingerprint density at radius 2 is 1.89 bits per heavy atom. The van der Waals surface area contributed by atoms with Gasteiger partial charge in [0, 0.05) is 28.7 Å². The van der Waals surface area contributed by atoms with Crippen molar-refractivity contribution in [2.75, 3.05) is 0 Å². The van der Waals surface area contributed by atoms with Gasteiger partial charge in [-0.1, -0.05) is 37.7 Å². The van der Waals surface area contributed by atoms with Crippen LogP contribution in [-0.4, -0.2) is 4.98 Å². The molecule has 2 N–H and O–H groups in total. The molecule has 0 saturated carbocycles. The molecule has 94 valence electrons. The molecular weight excluding hydrogens is 240 g/mol. The smallest absolute Gasteiger partial charge is 0.0410 e. The second-order valence-corrected chi connectivity index (χ2v) is 5.63. The van der Waals surface area contributed by atoms with Crippen LogP contribution in [0.3, 0.4) is 0 Å². The Bertz CT molecular complexity index is 506. The lowest BCUT2D eigenvalue weighted by molar-refractivity contribution is 0.865. The van der Waals surface area contributed by atoms with E-state index in [1.807, 2.05) is 12.3 Å². The van der Waals surface area contributed by atoms with Crippen LogP contribution in [0.5, 0.6) is 0 Å².